The average molecular weight is 419 g/mol. The Balaban J connectivity index is 1.64. The highest BCUT2D eigenvalue weighted by molar-refractivity contribution is 7.90. The molecule has 3 rings (SSSR count). The minimum Gasteiger partial charge on any atom is -0.495 e. The Bertz CT molecular complexity index is 1100. The average Bonchev–Trinajstić information content (AvgIpc) is 2.88. The molecule has 0 saturated heterocycles. The number of hydrogen-bond donors (Lipinski definition) is 1. The summed E-state index contributed by atoms with van der Waals surface area (Å²) in [5.41, 5.74) is 0.0230. The first kappa shape index (κ1) is 20.3. The van der Waals surface area contributed by atoms with Crippen molar-refractivity contribution in [2.75, 3.05) is 19.0 Å². The van der Waals surface area contributed by atoms with Crippen LogP contribution in [0.15, 0.2) is 47.4 Å². The van der Waals surface area contributed by atoms with Crippen LogP contribution in [0, 0.1) is 10.1 Å². The summed E-state index contributed by atoms with van der Waals surface area (Å²) in [6.07, 6.45) is -0.0104. The number of nitro groups is 1. The minimum absolute atomic E-state index is 0.0456. The lowest BCUT2D eigenvalue weighted by Gasteiger charge is -2.15. The monoisotopic (exact) mass is 419 g/mol. The lowest BCUT2D eigenvalue weighted by atomic mass is 10.2. The summed E-state index contributed by atoms with van der Waals surface area (Å²) in [6.45, 7) is -0.157. The summed E-state index contributed by atoms with van der Waals surface area (Å²) in [7, 11) is -2.56. The van der Waals surface area contributed by atoms with E-state index in [1.807, 2.05) is 0 Å². The van der Waals surface area contributed by atoms with Gasteiger partial charge >= 0.3 is 0 Å². The Hall–Kier alpha value is -3.47. The second-order valence-corrected chi connectivity index (χ2v) is 8.00. The molecular formula is C18H17N3O7S. The van der Waals surface area contributed by atoms with E-state index >= 15 is 0 Å². The van der Waals surface area contributed by atoms with Crippen molar-refractivity contribution in [2.45, 2.75) is 17.7 Å². The number of benzene rings is 2. The molecule has 11 heteroatoms. The first-order valence-electron chi connectivity index (χ1n) is 8.54. The standard InChI is InChI=1S/C18H17N3O7S/c1-28-15-9-8-12(21(24)25)11-14(15)19-17(22)7-4-10-20-18(23)13-5-2-3-6-16(13)29(20,26)27/h2-3,5-6,8-9,11H,4,7,10H2,1H3,(H,19,22). The smallest absolute Gasteiger partial charge is 0.271 e. The molecule has 0 aromatic heterocycles. The van der Waals surface area contributed by atoms with Gasteiger partial charge in [-0.1, -0.05) is 12.1 Å². The predicted molar refractivity (Wildman–Crippen MR) is 102 cm³/mol. The van der Waals surface area contributed by atoms with Crippen LogP contribution in [0.5, 0.6) is 5.75 Å². The second kappa shape index (κ2) is 7.87. The van der Waals surface area contributed by atoms with Crippen molar-refractivity contribution in [3.05, 3.63) is 58.1 Å². The van der Waals surface area contributed by atoms with Crippen LogP contribution in [-0.4, -0.2) is 43.1 Å². The highest BCUT2D eigenvalue weighted by Crippen LogP contribution is 2.31. The minimum atomic E-state index is -3.92. The molecule has 0 unspecified atom stereocenters. The molecule has 10 nitrogen and oxygen atoms in total. The van der Waals surface area contributed by atoms with Crippen molar-refractivity contribution < 1.29 is 27.7 Å². The number of amides is 2. The van der Waals surface area contributed by atoms with Gasteiger partial charge in [0.2, 0.25) is 5.91 Å². The third kappa shape index (κ3) is 3.90. The quantitative estimate of drug-likeness (QED) is 0.536. The van der Waals surface area contributed by atoms with E-state index in [2.05, 4.69) is 5.32 Å². The number of anilines is 1. The molecule has 2 amide bonds. The normalized spacial score (nSPS) is 14.4. The number of hydrogen-bond acceptors (Lipinski definition) is 7. The molecule has 2 aromatic carbocycles. The molecule has 1 aliphatic rings. The highest BCUT2D eigenvalue weighted by Gasteiger charge is 2.40. The maximum Gasteiger partial charge on any atom is 0.271 e. The van der Waals surface area contributed by atoms with Crippen molar-refractivity contribution >= 4 is 33.2 Å². The third-order valence-electron chi connectivity index (χ3n) is 4.35. The molecule has 2 aromatic rings. The van der Waals surface area contributed by atoms with Crippen LogP contribution in [0.25, 0.3) is 0 Å². The topological polar surface area (TPSA) is 136 Å². The van der Waals surface area contributed by atoms with E-state index in [0.29, 0.717) is 0 Å². The molecule has 1 heterocycles. The van der Waals surface area contributed by atoms with Gasteiger partial charge in [-0.05, 0) is 24.6 Å². The number of nitro benzene ring substituents is 1. The number of nitrogens with one attached hydrogen (secondary N) is 1. The number of ether oxygens (including phenoxy) is 1. The van der Waals surface area contributed by atoms with Crippen LogP contribution in [0.1, 0.15) is 23.2 Å². The zero-order valence-electron chi connectivity index (χ0n) is 15.3. The van der Waals surface area contributed by atoms with E-state index in [0.717, 1.165) is 4.31 Å². The summed E-state index contributed by atoms with van der Waals surface area (Å²) in [5.74, 6) is -0.872. The molecule has 0 atom stereocenters. The summed E-state index contributed by atoms with van der Waals surface area (Å²) < 4.78 is 30.8. The number of carbonyl (C=O) groups is 2. The van der Waals surface area contributed by atoms with Gasteiger partial charge in [-0.15, -0.1) is 0 Å². The Labute approximate surface area is 166 Å². The first-order chi connectivity index (χ1) is 13.8. The summed E-state index contributed by atoms with van der Waals surface area (Å²) in [4.78, 5) is 34.8. The van der Waals surface area contributed by atoms with Crippen LogP contribution in [-0.2, 0) is 14.8 Å². The zero-order chi connectivity index (χ0) is 21.2. The van der Waals surface area contributed by atoms with Crippen molar-refractivity contribution in [2.24, 2.45) is 0 Å². The second-order valence-electron chi connectivity index (χ2n) is 6.17. The number of carbonyl (C=O) groups excluding carboxylic acids is 2. The fourth-order valence-corrected chi connectivity index (χ4v) is 4.56. The van der Waals surface area contributed by atoms with Crippen molar-refractivity contribution in [3.63, 3.8) is 0 Å². The van der Waals surface area contributed by atoms with Gasteiger partial charge in [0, 0.05) is 25.1 Å². The zero-order valence-corrected chi connectivity index (χ0v) is 16.1. The number of rotatable bonds is 7. The van der Waals surface area contributed by atoms with Crippen LogP contribution >= 0.6 is 0 Å². The lowest BCUT2D eigenvalue weighted by Crippen LogP contribution is -2.31. The Kier molecular flexibility index (Phi) is 5.50. The molecule has 1 N–H and O–H groups in total. The van der Waals surface area contributed by atoms with Crippen LogP contribution in [0.2, 0.25) is 0 Å². The summed E-state index contributed by atoms with van der Waals surface area (Å²) >= 11 is 0. The van der Waals surface area contributed by atoms with E-state index in [1.165, 1.54) is 43.5 Å². The summed E-state index contributed by atoms with van der Waals surface area (Å²) in [6, 6.07) is 9.70. The molecule has 0 radical (unpaired) electrons. The molecule has 0 fully saturated rings. The molecular weight excluding hydrogens is 402 g/mol. The summed E-state index contributed by atoms with van der Waals surface area (Å²) in [5, 5.41) is 13.4. The third-order valence-corrected chi connectivity index (χ3v) is 6.19. The van der Waals surface area contributed by atoms with E-state index in [-0.39, 0.29) is 47.0 Å². The Morgan fingerprint density at radius 2 is 1.97 bits per heavy atom. The van der Waals surface area contributed by atoms with Gasteiger partial charge in [0.1, 0.15) is 10.6 Å². The first-order valence-corrected chi connectivity index (χ1v) is 9.98. The van der Waals surface area contributed by atoms with Gasteiger partial charge in [0.15, 0.2) is 0 Å². The van der Waals surface area contributed by atoms with Gasteiger partial charge in [0.25, 0.3) is 21.6 Å². The molecule has 29 heavy (non-hydrogen) atoms. The van der Waals surface area contributed by atoms with Gasteiger partial charge in [-0.25, -0.2) is 12.7 Å². The SMILES string of the molecule is COc1ccc([N+](=O)[O-])cc1NC(=O)CCCN1C(=O)c2ccccc2S1(=O)=O. The molecule has 0 spiro atoms. The van der Waals surface area contributed by atoms with Gasteiger partial charge < -0.3 is 10.1 Å². The van der Waals surface area contributed by atoms with Crippen molar-refractivity contribution in [1.29, 1.82) is 0 Å². The molecule has 1 aliphatic heterocycles. The van der Waals surface area contributed by atoms with Crippen LogP contribution in [0.4, 0.5) is 11.4 Å². The number of methoxy groups -OCH3 is 1. The van der Waals surface area contributed by atoms with E-state index in [9.17, 15) is 28.1 Å². The highest BCUT2D eigenvalue weighted by atomic mass is 32.2. The predicted octanol–water partition coefficient (Wildman–Crippen LogP) is 2.17. The number of nitrogens with zero attached hydrogens (tertiary/aromatic N) is 2. The van der Waals surface area contributed by atoms with Gasteiger partial charge in [-0.3, -0.25) is 19.7 Å². The molecule has 0 aliphatic carbocycles. The van der Waals surface area contributed by atoms with Gasteiger partial charge in [0.05, 0.1) is 23.3 Å². The van der Waals surface area contributed by atoms with Gasteiger partial charge in [-0.2, -0.15) is 0 Å². The molecule has 0 bridgehead atoms. The fraction of sp³-hybridized carbons (Fsp3) is 0.222. The maximum atomic E-state index is 12.5. The number of fused-ring (bicyclic) bond motifs is 1. The fourth-order valence-electron chi connectivity index (χ4n) is 2.96. The lowest BCUT2D eigenvalue weighted by molar-refractivity contribution is -0.384. The van der Waals surface area contributed by atoms with E-state index in [1.54, 1.807) is 6.07 Å². The number of non-ortho nitro benzene ring substituents is 1. The van der Waals surface area contributed by atoms with E-state index in [4.69, 9.17) is 4.74 Å². The van der Waals surface area contributed by atoms with Crippen LogP contribution in [0.3, 0.4) is 0 Å². The van der Waals surface area contributed by atoms with Crippen molar-refractivity contribution in [1.82, 2.24) is 4.31 Å². The number of sulfonamides is 1. The molecule has 152 valence electrons. The Morgan fingerprint density at radius 1 is 1.24 bits per heavy atom. The maximum absolute atomic E-state index is 12.5. The van der Waals surface area contributed by atoms with Crippen molar-refractivity contribution in [3.8, 4) is 5.75 Å². The Morgan fingerprint density at radius 3 is 2.62 bits per heavy atom. The van der Waals surface area contributed by atoms with Crippen LogP contribution < -0.4 is 10.1 Å². The van der Waals surface area contributed by atoms with E-state index < -0.39 is 26.8 Å². The largest absolute Gasteiger partial charge is 0.495 e. The molecule has 0 saturated carbocycles.